The molecule has 0 bridgehead atoms. The van der Waals surface area contributed by atoms with Gasteiger partial charge in [-0.25, -0.2) is 9.90 Å². The molecule has 0 aliphatic heterocycles. The molecule has 0 aliphatic carbocycles. The van der Waals surface area contributed by atoms with Crippen molar-refractivity contribution >= 4 is 5.97 Å². The van der Waals surface area contributed by atoms with Gasteiger partial charge in [0.15, 0.2) is 0 Å². The SMILES string of the molecule is CC(C)CCCCCCC/C=C/CCC([O])=O. The topological polar surface area (TPSA) is 37.0 Å². The van der Waals surface area contributed by atoms with Gasteiger partial charge in [-0.05, 0) is 25.2 Å². The molecule has 0 aromatic carbocycles. The van der Waals surface area contributed by atoms with Gasteiger partial charge in [0.2, 0.25) is 0 Å². The molecular formula is C15H27O2. The lowest BCUT2D eigenvalue weighted by Crippen LogP contribution is -1.89. The van der Waals surface area contributed by atoms with Crippen molar-refractivity contribution < 1.29 is 9.90 Å². The highest BCUT2D eigenvalue weighted by Crippen LogP contribution is 2.11. The Morgan fingerprint density at radius 3 is 2.18 bits per heavy atom. The second-order valence-electron chi connectivity index (χ2n) is 5.12. The first-order chi connectivity index (χ1) is 8.13. The molecule has 17 heavy (non-hydrogen) atoms. The van der Waals surface area contributed by atoms with Crippen molar-refractivity contribution in [1.82, 2.24) is 0 Å². The van der Waals surface area contributed by atoms with Gasteiger partial charge in [0, 0.05) is 0 Å². The smallest absolute Gasteiger partial charge is 0.247 e. The first kappa shape index (κ1) is 16.2. The summed E-state index contributed by atoms with van der Waals surface area (Å²) in [4.78, 5) is 10.1. The minimum atomic E-state index is -0.959. The zero-order valence-corrected chi connectivity index (χ0v) is 11.4. The molecule has 0 saturated carbocycles. The summed E-state index contributed by atoms with van der Waals surface area (Å²) in [5, 5.41) is 10.1. The number of hydrogen-bond acceptors (Lipinski definition) is 1. The lowest BCUT2D eigenvalue weighted by molar-refractivity contribution is -0.142. The Morgan fingerprint density at radius 2 is 1.53 bits per heavy atom. The van der Waals surface area contributed by atoms with Gasteiger partial charge >= 0.3 is 5.97 Å². The van der Waals surface area contributed by atoms with E-state index in [9.17, 15) is 9.90 Å². The average molecular weight is 239 g/mol. The monoisotopic (exact) mass is 239 g/mol. The zero-order chi connectivity index (χ0) is 12.9. The molecule has 2 nitrogen and oxygen atoms in total. The largest absolute Gasteiger partial charge is 0.355 e. The first-order valence-corrected chi connectivity index (χ1v) is 6.97. The number of rotatable bonds is 11. The van der Waals surface area contributed by atoms with E-state index in [1.807, 2.05) is 6.08 Å². The second-order valence-corrected chi connectivity index (χ2v) is 5.12. The number of hydrogen-bond donors (Lipinski definition) is 0. The van der Waals surface area contributed by atoms with Crippen molar-refractivity contribution in [2.75, 3.05) is 0 Å². The summed E-state index contributed by atoms with van der Waals surface area (Å²) in [5.41, 5.74) is 0. The Kier molecular flexibility index (Phi) is 11.1. The molecule has 0 fully saturated rings. The molecule has 2 heteroatoms. The van der Waals surface area contributed by atoms with E-state index >= 15 is 0 Å². The summed E-state index contributed by atoms with van der Waals surface area (Å²) in [6.45, 7) is 4.55. The summed E-state index contributed by atoms with van der Waals surface area (Å²) >= 11 is 0. The van der Waals surface area contributed by atoms with Gasteiger partial charge in [-0.1, -0.05) is 58.1 Å². The molecular weight excluding hydrogens is 212 g/mol. The lowest BCUT2D eigenvalue weighted by Gasteiger charge is -2.03. The van der Waals surface area contributed by atoms with Crippen LogP contribution in [0.5, 0.6) is 0 Å². The maximum atomic E-state index is 10.1. The van der Waals surface area contributed by atoms with Crippen LogP contribution in [0, 0.1) is 5.92 Å². The van der Waals surface area contributed by atoms with E-state index in [4.69, 9.17) is 0 Å². The van der Waals surface area contributed by atoms with Crippen LogP contribution < -0.4 is 0 Å². The van der Waals surface area contributed by atoms with Gasteiger partial charge in [0.25, 0.3) is 0 Å². The van der Waals surface area contributed by atoms with E-state index in [2.05, 4.69) is 19.9 Å². The van der Waals surface area contributed by atoms with Crippen LogP contribution >= 0.6 is 0 Å². The van der Waals surface area contributed by atoms with Crippen LogP contribution in [-0.2, 0) is 9.90 Å². The van der Waals surface area contributed by atoms with E-state index in [-0.39, 0.29) is 6.42 Å². The fourth-order valence-electron chi connectivity index (χ4n) is 1.78. The third-order valence-electron chi connectivity index (χ3n) is 2.83. The van der Waals surface area contributed by atoms with Crippen molar-refractivity contribution in [3.63, 3.8) is 0 Å². The first-order valence-electron chi connectivity index (χ1n) is 6.97. The van der Waals surface area contributed by atoms with Crippen LogP contribution in [0.4, 0.5) is 0 Å². The summed E-state index contributed by atoms with van der Waals surface area (Å²) in [6.07, 6.45) is 13.8. The predicted octanol–water partition coefficient (Wildman–Crippen LogP) is 4.67. The Morgan fingerprint density at radius 1 is 0.941 bits per heavy atom. The van der Waals surface area contributed by atoms with E-state index < -0.39 is 5.97 Å². The molecule has 0 heterocycles. The van der Waals surface area contributed by atoms with Crippen LogP contribution in [-0.4, -0.2) is 5.97 Å². The van der Waals surface area contributed by atoms with Crippen molar-refractivity contribution in [1.29, 1.82) is 0 Å². The molecule has 0 aliphatic rings. The van der Waals surface area contributed by atoms with Crippen molar-refractivity contribution in [2.24, 2.45) is 5.92 Å². The molecule has 0 saturated heterocycles. The highest BCUT2D eigenvalue weighted by molar-refractivity contribution is 5.66. The molecule has 0 unspecified atom stereocenters. The third kappa shape index (κ3) is 15.2. The Bertz CT molecular complexity index is 207. The molecule has 99 valence electrons. The molecule has 0 amide bonds. The van der Waals surface area contributed by atoms with Crippen LogP contribution in [0.15, 0.2) is 12.2 Å². The van der Waals surface area contributed by atoms with Gasteiger partial charge in [0.1, 0.15) is 0 Å². The maximum Gasteiger partial charge on any atom is 0.355 e. The molecule has 0 atom stereocenters. The van der Waals surface area contributed by atoms with Crippen molar-refractivity contribution in [2.45, 2.75) is 71.6 Å². The number of carbonyl (C=O) groups excluding carboxylic acids is 1. The molecule has 0 aromatic heterocycles. The van der Waals surface area contributed by atoms with Gasteiger partial charge in [-0.3, -0.25) is 0 Å². The Labute approximate surface area is 106 Å². The highest BCUT2D eigenvalue weighted by Gasteiger charge is 1.95. The normalized spacial score (nSPS) is 11.5. The summed E-state index contributed by atoms with van der Waals surface area (Å²) < 4.78 is 0. The summed E-state index contributed by atoms with van der Waals surface area (Å²) in [6, 6.07) is 0. The Balaban J connectivity index is 3.10. The minimum absolute atomic E-state index is 0.145. The number of carbonyl (C=O) groups is 1. The fourth-order valence-corrected chi connectivity index (χ4v) is 1.78. The van der Waals surface area contributed by atoms with E-state index in [1.54, 1.807) is 0 Å². The van der Waals surface area contributed by atoms with Gasteiger partial charge in [-0.15, -0.1) is 0 Å². The van der Waals surface area contributed by atoms with Gasteiger partial charge in [-0.2, -0.15) is 0 Å². The van der Waals surface area contributed by atoms with Crippen molar-refractivity contribution in [3.8, 4) is 0 Å². The average Bonchev–Trinajstić information content (AvgIpc) is 2.25. The highest BCUT2D eigenvalue weighted by atomic mass is 16.4. The molecule has 0 spiro atoms. The standard InChI is InChI=1S/C15H27O2/c1-14(2)12-10-8-6-4-3-5-7-9-11-13-15(16)17/h7,9,14H,3-6,8,10-13H2,1-2H3/b9-7+. The molecule has 0 rings (SSSR count). The summed E-state index contributed by atoms with van der Waals surface area (Å²) in [7, 11) is 0. The molecule has 1 radical (unpaired) electrons. The van der Waals surface area contributed by atoms with Crippen molar-refractivity contribution in [3.05, 3.63) is 12.2 Å². The van der Waals surface area contributed by atoms with Gasteiger partial charge in [0.05, 0.1) is 6.42 Å². The van der Waals surface area contributed by atoms with E-state index in [0.717, 1.165) is 12.3 Å². The third-order valence-corrected chi connectivity index (χ3v) is 2.83. The second kappa shape index (κ2) is 11.7. The molecule has 0 aromatic rings. The maximum absolute atomic E-state index is 10.1. The summed E-state index contributed by atoms with van der Waals surface area (Å²) in [5.74, 6) is -0.124. The number of allylic oxidation sites excluding steroid dienone is 2. The van der Waals surface area contributed by atoms with E-state index in [1.165, 1.54) is 38.5 Å². The van der Waals surface area contributed by atoms with Crippen LogP contribution in [0.3, 0.4) is 0 Å². The van der Waals surface area contributed by atoms with Gasteiger partial charge < -0.3 is 0 Å². The number of unbranched alkanes of at least 4 members (excludes halogenated alkanes) is 5. The van der Waals surface area contributed by atoms with E-state index in [0.29, 0.717) is 6.42 Å². The quantitative estimate of drug-likeness (QED) is 0.381. The van der Waals surface area contributed by atoms with Crippen LogP contribution in [0.1, 0.15) is 71.6 Å². The zero-order valence-electron chi connectivity index (χ0n) is 11.4. The van der Waals surface area contributed by atoms with Crippen LogP contribution in [0.2, 0.25) is 0 Å². The predicted molar refractivity (Wildman–Crippen MR) is 71.2 cm³/mol. The fraction of sp³-hybridized carbons (Fsp3) is 0.800. The minimum Gasteiger partial charge on any atom is -0.247 e. The lowest BCUT2D eigenvalue weighted by atomic mass is 10.0. The van der Waals surface area contributed by atoms with Crippen LogP contribution in [0.25, 0.3) is 0 Å². The molecule has 0 N–H and O–H groups in total. The Hall–Kier alpha value is -0.790.